The van der Waals surface area contributed by atoms with Gasteiger partial charge < -0.3 is 5.73 Å². The summed E-state index contributed by atoms with van der Waals surface area (Å²) in [7, 11) is 0. The number of hydrogen-bond acceptors (Lipinski definition) is 4. The molecule has 5 heteroatoms. The molecule has 80 valence electrons. The Morgan fingerprint density at radius 1 is 1.73 bits per heavy atom. The highest BCUT2D eigenvalue weighted by molar-refractivity contribution is 9.10. The number of thioether (sulfide) groups is 1. The number of nitriles is 1. The van der Waals surface area contributed by atoms with Gasteiger partial charge in [0.1, 0.15) is 10.6 Å². The maximum Gasteiger partial charge on any atom is 0.110 e. The van der Waals surface area contributed by atoms with Crippen molar-refractivity contribution >= 4 is 27.7 Å². The van der Waals surface area contributed by atoms with Gasteiger partial charge in [0.15, 0.2) is 0 Å². The molecule has 0 spiro atoms. The first kappa shape index (κ1) is 12.5. The SMILES string of the molecule is CC(N)(C#N)CCSc1ncccc1Br. The van der Waals surface area contributed by atoms with E-state index in [1.54, 1.807) is 24.9 Å². The molecule has 0 aliphatic carbocycles. The minimum Gasteiger partial charge on any atom is -0.314 e. The highest BCUT2D eigenvalue weighted by Crippen LogP contribution is 2.26. The van der Waals surface area contributed by atoms with Gasteiger partial charge >= 0.3 is 0 Å². The van der Waals surface area contributed by atoms with E-state index >= 15 is 0 Å². The summed E-state index contributed by atoms with van der Waals surface area (Å²) in [5.41, 5.74) is 4.97. The van der Waals surface area contributed by atoms with Gasteiger partial charge in [-0.05, 0) is 41.4 Å². The van der Waals surface area contributed by atoms with E-state index in [0.717, 1.165) is 15.3 Å². The quantitative estimate of drug-likeness (QED) is 0.864. The highest BCUT2D eigenvalue weighted by Gasteiger charge is 2.16. The second-order valence-corrected chi connectivity index (χ2v) is 5.36. The van der Waals surface area contributed by atoms with Crippen molar-refractivity contribution < 1.29 is 0 Å². The van der Waals surface area contributed by atoms with Crippen molar-refractivity contribution in [1.29, 1.82) is 5.26 Å². The lowest BCUT2D eigenvalue weighted by Gasteiger charge is -2.14. The maximum absolute atomic E-state index is 8.74. The van der Waals surface area contributed by atoms with Crippen LogP contribution in [0.25, 0.3) is 0 Å². The zero-order valence-corrected chi connectivity index (χ0v) is 10.8. The van der Waals surface area contributed by atoms with Gasteiger partial charge in [-0.25, -0.2) is 4.98 Å². The van der Waals surface area contributed by atoms with Crippen molar-refractivity contribution in [1.82, 2.24) is 4.98 Å². The summed E-state index contributed by atoms with van der Waals surface area (Å²) in [4.78, 5) is 4.22. The molecule has 1 atom stereocenters. The maximum atomic E-state index is 8.74. The normalized spacial score (nSPS) is 14.3. The Morgan fingerprint density at radius 2 is 2.47 bits per heavy atom. The van der Waals surface area contributed by atoms with Gasteiger partial charge in [0, 0.05) is 16.4 Å². The molecule has 0 bridgehead atoms. The lowest BCUT2D eigenvalue weighted by atomic mass is 10.0. The number of hydrogen-bond donors (Lipinski definition) is 1. The summed E-state index contributed by atoms with van der Waals surface area (Å²) >= 11 is 5.01. The summed E-state index contributed by atoms with van der Waals surface area (Å²) in [6.45, 7) is 1.74. The van der Waals surface area contributed by atoms with Gasteiger partial charge in [0.25, 0.3) is 0 Å². The molecule has 1 unspecified atom stereocenters. The molecule has 1 rings (SSSR count). The van der Waals surface area contributed by atoms with Crippen LogP contribution < -0.4 is 5.73 Å². The number of nitrogens with two attached hydrogens (primary N) is 1. The lowest BCUT2D eigenvalue weighted by Crippen LogP contribution is -2.34. The van der Waals surface area contributed by atoms with Crippen molar-refractivity contribution in [2.24, 2.45) is 5.73 Å². The van der Waals surface area contributed by atoms with Crippen LogP contribution in [0.15, 0.2) is 27.8 Å². The van der Waals surface area contributed by atoms with Gasteiger partial charge in [0.05, 0.1) is 6.07 Å². The summed E-state index contributed by atoms with van der Waals surface area (Å²) in [6.07, 6.45) is 2.40. The molecule has 1 aromatic heterocycles. The van der Waals surface area contributed by atoms with E-state index < -0.39 is 5.54 Å². The third kappa shape index (κ3) is 4.20. The number of aromatic nitrogens is 1. The number of nitrogens with zero attached hydrogens (tertiary/aromatic N) is 2. The Hall–Kier alpha value is -0.570. The zero-order valence-electron chi connectivity index (χ0n) is 8.40. The molecule has 0 radical (unpaired) electrons. The Balaban J connectivity index is 2.46. The van der Waals surface area contributed by atoms with Crippen LogP contribution in [0.2, 0.25) is 0 Å². The van der Waals surface area contributed by atoms with E-state index in [2.05, 4.69) is 27.0 Å². The van der Waals surface area contributed by atoms with Gasteiger partial charge in [-0.15, -0.1) is 11.8 Å². The zero-order chi connectivity index (χ0) is 11.3. The Kier molecular flexibility index (Phi) is 4.58. The van der Waals surface area contributed by atoms with Gasteiger partial charge in [-0.3, -0.25) is 0 Å². The topological polar surface area (TPSA) is 62.7 Å². The van der Waals surface area contributed by atoms with Crippen LogP contribution in [0, 0.1) is 11.3 Å². The average molecular weight is 286 g/mol. The van der Waals surface area contributed by atoms with Crippen LogP contribution in [0.5, 0.6) is 0 Å². The van der Waals surface area contributed by atoms with Crippen LogP contribution in [0.4, 0.5) is 0 Å². The molecule has 0 fully saturated rings. The summed E-state index contributed by atoms with van der Waals surface area (Å²) < 4.78 is 0.977. The molecule has 15 heavy (non-hydrogen) atoms. The first-order valence-corrected chi connectivity index (χ1v) is 6.26. The molecule has 0 aliphatic heterocycles. The first-order valence-electron chi connectivity index (χ1n) is 4.48. The van der Waals surface area contributed by atoms with Crippen molar-refractivity contribution in [3.63, 3.8) is 0 Å². The van der Waals surface area contributed by atoms with E-state index in [9.17, 15) is 0 Å². The van der Waals surface area contributed by atoms with Crippen LogP contribution in [0.3, 0.4) is 0 Å². The van der Waals surface area contributed by atoms with Gasteiger partial charge in [-0.1, -0.05) is 0 Å². The fourth-order valence-electron chi connectivity index (χ4n) is 0.893. The van der Waals surface area contributed by atoms with E-state index in [1.165, 1.54) is 0 Å². The molecule has 2 N–H and O–H groups in total. The molecule has 0 aromatic carbocycles. The summed E-state index contributed by atoms with van der Waals surface area (Å²) in [6, 6.07) is 5.89. The number of rotatable bonds is 4. The smallest absolute Gasteiger partial charge is 0.110 e. The Morgan fingerprint density at radius 3 is 3.07 bits per heavy atom. The van der Waals surface area contributed by atoms with Gasteiger partial charge in [0.2, 0.25) is 0 Å². The standard InChI is InChI=1S/C10H12BrN3S/c1-10(13,7-12)4-6-15-9-8(11)3-2-5-14-9/h2-3,5H,4,6,13H2,1H3. The predicted molar refractivity (Wildman–Crippen MR) is 65.5 cm³/mol. The fourth-order valence-corrected chi connectivity index (χ4v) is 2.55. The van der Waals surface area contributed by atoms with Crippen LogP contribution in [-0.4, -0.2) is 16.3 Å². The molecule has 0 amide bonds. The van der Waals surface area contributed by atoms with Crippen LogP contribution >= 0.6 is 27.7 Å². The second-order valence-electron chi connectivity index (χ2n) is 3.42. The predicted octanol–water partition coefficient (Wildman–Crippen LogP) is 2.57. The monoisotopic (exact) mass is 285 g/mol. The molecule has 1 aromatic rings. The number of halogens is 1. The molecular formula is C10H12BrN3S. The molecule has 0 saturated heterocycles. The minimum atomic E-state index is -0.742. The van der Waals surface area contributed by atoms with Crippen LogP contribution in [-0.2, 0) is 0 Å². The summed E-state index contributed by atoms with van der Waals surface area (Å²) in [5.74, 6) is 0.788. The average Bonchev–Trinajstić information content (AvgIpc) is 2.21. The second kappa shape index (κ2) is 5.50. The third-order valence-electron chi connectivity index (χ3n) is 1.84. The van der Waals surface area contributed by atoms with Crippen molar-refractivity contribution in [3.05, 3.63) is 22.8 Å². The fraction of sp³-hybridized carbons (Fsp3) is 0.400. The molecule has 1 heterocycles. The highest BCUT2D eigenvalue weighted by atomic mass is 79.9. The largest absolute Gasteiger partial charge is 0.314 e. The lowest BCUT2D eigenvalue weighted by molar-refractivity contribution is 0.583. The Bertz CT molecular complexity index is 373. The van der Waals surface area contributed by atoms with Crippen molar-refractivity contribution in [3.8, 4) is 6.07 Å². The molecule has 0 aliphatic rings. The molecule has 3 nitrogen and oxygen atoms in total. The first-order chi connectivity index (χ1) is 7.05. The Labute approximate surface area is 102 Å². The van der Waals surface area contributed by atoms with E-state index in [4.69, 9.17) is 11.0 Å². The molecule has 0 saturated carbocycles. The summed E-state index contributed by atoms with van der Waals surface area (Å²) in [5, 5.41) is 9.67. The third-order valence-corrected chi connectivity index (χ3v) is 3.75. The van der Waals surface area contributed by atoms with Crippen LogP contribution in [0.1, 0.15) is 13.3 Å². The van der Waals surface area contributed by atoms with E-state index in [1.807, 2.05) is 12.1 Å². The number of pyridine rings is 1. The van der Waals surface area contributed by atoms with E-state index in [-0.39, 0.29) is 0 Å². The van der Waals surface area contributed by atoms with E-state index in [0.29, 0.717) is 6.42 Å². The van der Waals surface area contributed by atoms with Crippen molar-refractivity contribution in [2.75, 3.05) is 5.75 Å². The van der Waals surface area contributed by atoms with Crippen molar-refractivity contribution in [2.45, 2.75) is 23.9 Å². The minimum absolute atomic E-state index is 0.650. The van der Waals surface area contributed by atoms with Gasteiger partial charge in [-0.2, -0.15) is 5.26 Å². The molecular weight excluding hydrogens is 274 g/mol.